The molecule has 6 nitrogen and oxygen atoms in total. The molecule has 3 rings (SSSR count). The van der Waals surface area contributed by atoms with Gasteiger partial charge in [-0.2, -0.15) is 0 Å². The summed E-state index contributed by atoms with van der Waals surface area (Å²) in [4.78, 5) is 12.1. The average molecular weight is 307 g/mol. The third-order valence-corrected chi connectivity index (χ3v) is 3.67. The molecule has 21 heavy (non-hydrogen) atoms. The summed E-state index contributed by atoms with van der Waals surface area (Å²) >= 11 is 6.17. The zero-order valence-corrected chi connectivity index (χ0v) is 12.1. The monoisotopic (exact) mass is 306 g/mol. The van der Waals surface area contributed by atoms with Crippen molar-refractivity contribution in [1.82, 2.24) is 20.3 Å². The van der Waals surface area contributed by atoms with Crippen LogP contribution in [0.4, 0.5) is 0 Å². The molecule has 0 fully saturated rings. The molecule has 1 aromatic carbocycles. The maximum Gasteiger partial charge on any atom is 0.242 e. The molecule has 1 N–H and O–H groups in total. The Morgan fingerprint density at radius 1 is 1.52 bits per heavy atom. The first kappa shape index (κ1) is 13.9. The first-order valence-corrected chi connectivity index (χ1v) is 7.16. The molecular formula is C14H15ClN4O2. The highest BCUT2D eigenvalue weighted by atomic mass is 35.5. The van der Waals surface area contributed by atoms with E-state index in [1.165, 1.54) is 4.68 Å². The number of nitrogens with one attached hydrogen (secondary N) is 1. The van der Waals surface area contributed by atoms with Gasteiger partial charge in [-0.1, -0.05) is 28.9 Å². The Balaban J connectivity index is 1.76. The van der Waals surface area contributed by atoms with E-state index in [0.29, 0.717) is 17.4 Å². The number of carbonyl (C=O) groups excluding carboxylic acids is 1. The van der Waals surface area contributed by atoms with Gasteiger partial charge in [-0.25, -0.2) is 4.68 Å². The number of nitrogens with zero attached hydrogens (tertiary/aromatic N) is 3. The molecule has 0 radical (unpaired) electrons. The van der Waals surface area contributed by atoms with Crippen molar-refractivity contribution in [3.63, 3.8) is 0 Å². The molecule has 0 saturated carbocycles. The van der Waals surface area contributed by atoms with Crippen molar-refractivity contribution in [2.75, 3.05) is 6.61 Å². The van der Waals surface area contributed by atoms with Crippen LogP contribution in [0.1, 0.15) is 24.4 Å². The first-order chi connectivity index (χ1) is 10.2. The minimum atomic E-state index is -0.113. The van der Waals surface area contributed by atoms with Gasteiger partial charge in [-0.15, -0.1) is 5.10 Å². The zero-order valence-electron chi connectivity index (χ0n) is 11.3. The van der Waals surface area contributed by atoms with Gasteiger partial charge in [0.25, 0.3) is 0 Å². The van der Waals surface area contributed by atoms with Crippen molar-refractivity contribution in [3.8, 4) is 5.75 Å². The lowest BCUT2D eigenvalue weighted by Gasteiger charge is -2.18. The van der Waals surface area contributed by atoms with Crippen LogP contribution in [0.2, 0.25) is 5.02 Å². The minimum absolute atomic E-state index is 0.0998. The zero-order chi connectivity index (χ0) is 14.7. The van der Waals surface area contributed by atoms with Gasteiger partial charge in [0.1, 0.15) is 12.3 Å². The molecule has 0 bridgehead atoms. The Bertz CT molecular complexity index is 630. The number of rotatable bonds is 3. The number of amides is 1. The van der Waals surface area contributed by atoms with E-state index in [4.69, 9.17) is 16.3 Å². The fourth-order valence-corrected chi connectivity index (χ4v) is 2.66. The second kappa shape index (κ2) is 6.13. The largest absolute Gasteiger partial charge is 0.492 e. The maximum atomic E-state index is 12.1. The summed E-state index contributed by atoms with van der Waals surface area (Å²) in [6.45, 7) is 0.749. The molecule has 0 saturated heterocycles. The fraction of sp³-hybridized carbons (Fsp3) is 0.357. The van der Waals surface area contributed by atoms with Crippen molar-refractivity contribution >= 4 is 17.5 Å². The van der Waals surface area contributed by atoms with E-state index in [0.717, 1.165) is 18.4 Å². The minimum Gasteiger partial charge on any atom is -0.492 e. The van der Waals surface area contributed by atoms with Crippen LogP contribution >= 0.6 is 11.6 Å². The molecule has 0 aliphatic carbocycles. The number of hydrogen-bond donors (Lipinski definition) is 1. The van der Waals surface area contributed by atoms with E-state index in [9.17, 15) is 4.79 Å². The van der Waals surface area contributed by atoms with Crippen LogP contribution in [0.3, 0.4) is 0 Å². The Morgan fingerprint density at radius 3 is 3.24 bits per heavy atom. The topological polar surface area (TPSA) is 69.0 Å². The summed E-state index contributed by atoms with van der Waals surface area (Å²) < 4.78 is 7.17. The summed E-state index contributed by atoms with van der Waals surface area (Å²) in [7, 11) is 0. The first-order valence-electron chi connectivity index (χ1n) is 6.79. The van der Waals surface area contributed by atoms with Crippen molar-refractivity contribution in [3.05, 3.63) is 41.2 Å². The maximum absolute atomic E-state index is 12.1. The average Bonchev–Trinajstić information content (AvgIpc) is 2.87. The van der Waals surface area contributed by atoms with Crippen LogP contribution in [0.15, 0.2) is 30.6 Å². The van der Waals surface area contributed by atoms with Crippen LogP contribution in [0.25, 0.3) is 0 Å². The second-order valence-electron chi connectivity index (χ2n) is 4.87. The Kier molecular flexibility index (Phi) is 4.06. The Labute approximate surface area is 127 Å². The molecule has 110 valence electrons. The molecule has 2 heterocycles. The van der Waals surface area contributed by atoms with Gasteiger partial charge in [0.15, 0.2) is 0 Å². The Morgan fingerprint density at radius 2 is 2.43 bits per heavy atom. The molecule has 0 unspecified atom stereocenters. The summed E-state index contributed by atoms with van der Waals surface area (Å²) in [6, 6.07) is 5.50. The van der Waals surface area contributed by atoms with Crippen LogP contribution < -0.4 is 10.1 Å². The highest BCUT2D eigenvalue weighted by molar-refractivity contribution is 6.32. The normalized spacial score (nSPS) is 17.5. The molecule has 2 aromatic rings. The number of para-hydroxylation sites is 1. The van der Waals surface area contributed by atoms with Gasteiger partial charge in [-0.05, 0) is 18.9 Å². The number of aromatic nitrogens is 3. The van der Waals surface area contributed by atoms with Gasteiger partial charge in [0.2, 0.25) is 5.91 Å². The van der Waals surface area contributed by atoms with Crippen molar-refractivity contribution in [2.24, 2.45) is 0 Å². The quantitative estimate of drug-likeness (QED) is 0.941. The number of benzene rings is 1. The van der Waals surface area contributed by atoms with E-state index < -0.39 is 0 Å². The fourth-order valence-electron chi connectivity index (χ4n) is 2.42. The molecule has 1 aliphatic heterocycles. The van der Waals surface area contributed by atoms with Crippen LogP contribution in [-0.2, 0) is 11.3 Å². The standard InChI is InChI=1S/C14H15ClN4O2/c15-11-4-1-3-10-12(5-2-8-21-14(10)11)17-13(20)9-19-7-6-16-18-19/h1,3-4,6-7,12H,2,5,8-9H2,(H,17,20)/t12-/m1/s1. The lowest BCUT2D eigenvalue weighted by atomic mass is 10.0. The molecule has 1 aromatic heterocycles. The predicted molar refractivity (Wildman–Crippen MR) is 77.1 cm³/mol. The highest BCUT2D eigenvalue weighted by Crippen LogP contribution is 2.36. The van der Waals surface area contributed by atoms with E-state index in [1.807, 2.05) is 12.1 Å². The molecule has 1 atom stereocenters. The molecular weight excluding hydrogens is 292 g/mol. The summed E-state index contributed by atoms with van der Waals surface area (Å²) in [5.41, 5.74) is 0.923. The van der Waals surface area contributed by atoms with Gasteiger partial charge in [0.05, 0.1) is 23.9 Å². The van der Waals surface area contributed by atoms with Crippen LogP contribution in [0.5, 0.6) is 5.75 Å². The van der Waals surface area contributed by atoms with Gasteiger partial charge in [-0.3, -0.25) is 4.79 Å². The van der Waals surface area contributed by atoms with Gasteiger partial charge >= 0.3 is 0 Å². The number of hydrogen-bond acceptors (Lipinski definition) is 4. The van der Waals surface area contributed by atoms with Crippen molar-refractivity contribution in [1.29, 1.82) is 0 Å². The number of halogens is 1. The van der Waals surface area contributed by atoms with Gasteiger partial charge < -0.3 is 10.1 Å². The number of carbonyl (C=O) groups is 1. The number of fused-ring (bicyclic) bond motifs is 1. The van der Waals surface area contributed by atoms with E-state index in [1.54, 1.807) is 18.5 Å². The lowest BCUT2D eigenvalue weighted by Crippen LogP contribution is -2.31. The van der Waals surface area contributed by atoms with E-state index in [2.05, 4.69) is 15.6 Å². The molecule has 0 spiro atoms. The van der Waals surface area contributed by atoms with E-state index >= 15 is 0 Å². The second-order valence-corrected chi connectivity index (χ2v) is 5.28. The predicted octanol–water partition coefficient (Wildman–Crippen LogP) is 1.96. The highest BCUT2D eigenvalue weighted by Gasteiger charge is 2.23. The Hall–Kier alpha value is -2.08. The number of ether oxygens (including phenoxy) is 1. The van der Waals surface area contributed by atoms with Crippen LogP contribution in [0, 0.1) is 0 Å². The van der Waals surface area contributed by atoms with Crippen LogP contribution in [-0.4, -0.2) is 27.5 Å². The lowest BCUT2D eigenvalue weighted by molar-refractivity contribution is -0.122. The molecule has 1 aliphatic rings. The summed E-state index contributed by atoms with van der Waals surface area (Å²) in [6.07, 6.45) is 4.87. The van der Waals surface area contributed by atoms with Crippen molar-refractivity contribution < 1.29 is 9.53 Å². The SMILES string of the molecule is O=C(Cn1ccnn1)N[C@@H]1CCCOc2c(Cl)cccc21. The van der Waals surface area contributed by atoms with E-state index in [-0.39, 0.29) is 18.5 Å². The summed E-state index contributed by atoms with van der Waals surface area (Å²) in [5.74, 6) is 0.557. The third kappa shape index (κ3) is 3.16. The van der Waals surface area contributed by atoms with Crippen molar-refractivity contribution in [2.45, 2.75) is 25.4 Å². The molecule has 1 amide bonds. The molecule has 7 heteroatoms. The van der Waals surface area contributed by atoms with Gasteiger partial charge in [0, 0.05) is 11.8 Å². The smallest absolute Gasteiger partial charge is 0.242 e. The summed E-state index contributed by atoms with van der Waals surface area (Å²) in [5, 5.41) is 11.1. The third-order valence-electron chi connectivity index (χ3n) is 3.37.